The van der Waals surface area contributed by atoms with Gasteiger partial charge in [0.25, 0.3) is 20.0 Å². The number of rotatable bonds is 10. The zero-order valence-electron chi connectivity index (χ0n) is 17.1. The maximum Gasteiger partial charge on any atom is 0.253 e. The van der Waals surface area contributed by atoms with Crippen molar-refractivity contribution in [1.29, 1.82) is 0 Å². The van der Waals surface area contributed by atoms with Crippen molar-refractivity contribution in [2.75, 3.05) is 0 Å². The van der Waals surface area contributed by atoms with Gasteiger partial charge in [-0.3, -0.25) is 9.59 Å². The summed E-state index contributed by atoms with van der Waals surface area (Å²) >= 11 is 0. The zero-order chi connectivity index (χ0) is 22.5. The van der Waals surface area contributed by atoms with Crippen LogP contribution in [0, 0.1) is 6.92 Å². The van der Waals surface area contributed by atoms with E-state index in [4.69, 9.17) is 0 Å². The molecule has 0 amide bonds. The quantitative estimate of drug-likeness (QED) is 0.552. The molecule has 1 N–H and O–H groups in total. The second-order valence-electron chi connectivity index (χ2n) is 7.00. The van der Waals surface area contributed by atoms with Crippen LogP contribution in [0.1, 0.15) is 65.8 Å². The topological polar surface area (TPSA) is 114 Å². The van der Waals surface area contributed by atoms with E-state index in [1.165, 1.54) is 18.2 Å². The van der Waals surface area contributed by atoms with E-state index in [0.29, 0.717) is 12.8 Å². The Hall–Kier alpha value is -2.36. The molecule has 0 unspecified atom stereocenters. The van der Waals surface area contributed by atoms with Gasteiger partial charge in [0.2, 0.25) is 0 Å². The smallest absolute Gasteiger partial charge is 0.253 e. The van der Waals surface area contributed by atoms with Crippen LogP contribution in [0.15, 0.2) is 52.3 Å². The maximum atomic E-state index is 12.8. The highest BCUT2D eigenvalue weighted by Crippen LogP contribution is 2.21. The van der Waals surface area contributed by atoms with Gasteiger partial charge < -0.3 is 0 Å². The molecule has 0 spiro atoms. The first-order valence-corrected chi connectivity index (χ1v) is 12.5. The third-order valence-electron chi connectivity index (χ3n) is 4.37. The molecule has 0 saturated heterocycles. The van der Waals surface area contributed by atoms with E-state index in [-0.39, 0.29) is 40.4 Å². The standard InChI is InChI=1S/C21H25NO6S2/c1-4-6-20(23)16-12-17(21(24)7-5-2)14-19(13-16)30(27,28)22-29(25,26)18-10-8-15(3)9-11-18/h8-14,22H,4-7H2,1-3H3. The number of hydrogen-bond acceptors (Lipinski definition) is 6. The molecule has 2 aromatic rings. The second-order valence-corrected chi connectivity index (χ2v) is 10.6. The molecule has 9 heteroatoms. The maximum absolute atomic E-state index is 12.8. The lowest BCUT2D eigenvalue weighted by Crippen LogP contribution is -2.31. The first kappa shape index (κ1) is 23.9. The van der Waals surface area contributed by atoms with Gasteiger partial charge in [-0.25, -0.2) is 16.8 Å². The molecule has 0 bridgehead atoms. The summed E-state index contributed by atoms with van der Waals surface area (Å²) in [6.07, 6.45) is 1.46. The molecule has 0 aliphatic carbocycles. The van der Waals surface area contributed by atoms with Crippen molar-refractivity contribution in [3.8, 4) is 0 Å². The number of ketones is 2. The number of benzene rings is 2. The Balaban J connectivity index is 2.52. The summed E-state index contributed by atoms with van der Waals surface area (Å²) in [5.74, 6) is -0.636. The molecular formula is C21H25NO6S2. The Morgan fingerprint density at radius 3 is 1.60 bits per heavy atom. The van der Waals surface area contributed by atoms with E-state index < -0.39 is 24.9 Å². The van der Waals surface area contributed by atoms with E-state index in [9.17, 15) is 26.4 Å². The Morgan fingerprint density at radius 1 is 0.733 bits per heavy atom. The Bertz CT molecular complexity index is 1110. The third kappa shape index (κ3) is 5.84. The summed E-state index contributed by atoms with van der Waals surface area (Å²) in [4.78, 5) is 24.0. The molecule has 7 nitrogen and oxygen atoms in total. The van der Waals surface area contributed by atoms with Crippen LogP contribution in [-0.4, -0.2) is 28.4 Å². The summed E-state index contributed by atoms with van der Waals surface area (Å²) < 4.78 is 52.5. The number of sulfonamides is 2. The normalized spacial score (nSPS) is 12.0. The van der Waals surface area contributed by atoms with Gasteiger partial charge in [-0.1, -0.05) is 31.5 Å². The fourth-order valence-corrected chi connectivity index (χ4v) is 5.76. The van der Waals surface area contributed by atoms with Gasteiger partial charge in [-0.05, 0) is 50.1 Å². The van der Waals surface area contributed by atoms with E-state index in [1.54, 1.807) is 37.0 Å². The van der Waals surface area contributed by atoms with Gasteiger partial charge in [0.15, 0.2) is 11.6 Å². The summed E-state index contributed by atoms with van der Waals surface area (Å²) in [5, 5.41) is 0. The third-order valence-corrected chi connectivity index (χ3v) is 7.87. The van der Waals surface area contributed by atoms with E-state index >= 15 is 0 Å². The minimum Gasteiger partial charge on any atom is -0.294 e. The number of carbonyl (C=O) groups excluding carboxylic acids is 2. The van der Waals surface area contributed by atoms with Crippen LogP contribution in [-0.2, 0) is 20.0 Å². The van der Waals surface area contributed by atoms with Crippen LogP contribution >= 0.6 is 0 Å². The van der Waals surface area contributed by atoms with Gasteiger partial charge >= 0.3 is 0 Å². The highest BCUT2D eigenvalue weighted by molar-refractivity contribution is 8.04. The molecule has 0 radical (unpaired) electrons. The minimum atomic E-state index is -4.56. The van der Waals surface area contributed by atoms with Crippen molar-refractivity contribution in [3.05, 3.63) is 59.2 Å². The Kier molecular flexibility index (Phi) is 7.68. The van der Waals surface area contributed by atoms with Crippen molar-refractivity contribution < 1.29 is 26.4 Å². The SMILES string of the molecule is CCCC(=O)c1cc(C(=O)CCC)cc(S(=O)(=O)NS(=O)(=O)c2ccc(C)cc2)c1. The van der Waals surface area contributed by atoms with E-state index in [0.717, 1.165) is 17.7 Å². The fraction of sp³-hybridized carbons (Fsp3) is 0.333. The molecule has 0 aliphatic rings. The number of hydrogen-bond donors (Lipinski definition) is 1. The van der Waals surface area contributed by atoms with Gasteiger partial charge in [0.05, 0.1) is 9.79 Å². The summed E-state index contributed by atoms with van der Waals surface area (Å²) in [6, 6.07) is 9.26. The molecule has 162 valence electrons. The van der Waals surface area contributed by atoms with Crippen LogP contribution in [0.4, 0.5) is 0 Å². The van der Waals surface area contributed by atoms with Gasteiger partial charge in [0, 0.05) is 24.0 Å². The van der Waals surface area contributed by atoms with Crippen molar-refractivity contribution in [2.45, 2.75) is 56.2 Å². The van der Waals surface area contributed by atoms with Crippen LogP contribution in [0.3, 0.4) is 0 Å². The first-order chi connectivity index (χ1) is 14.0. The minimum absolute atomic E-state index is 0.0620. The largest absolute Gasteiger partial charge is 0.294 e. The number of carbonyl (C=O) groups is 2. The van der Waals surface area contributed by atoms with Crippen LogP contribution in [0.25, 0.3) is 0 Å². The lowest BCUT2D eigenvalue weighted by atomic mass is 10.0. The van der Waals surface area contributed by atoms with Crippen LogP contribution in [0.2, 0.25) is 0 Å². The van der Waals surface area contributed by atoms with Gasteiger partial charge in [-0.2, -0.15) is 0 Å². The van der Waals surface area contributed by atoms with Gasteiger partial charge in [-0.15, -0.1) is 4.13 Å². The molecule has 0 aromatic heterocycles. The van der Waals surface area contributed by atoms with Crippen molar-refractivity contribution in [3.63, 3.8) is 0 Å². The molecule has 0 fully saturated rings. The predicted octanol–water partition coefficient (Wildman–Crippen LogP) is 3.63. The highest BCUT2D eigenvalue weighted by Gasteiger charge is 2.26. The lowest BCUT2D eigenvalue weighted by Gasteiger charge is -2.11. The molecule has 2 aromatic carbocycles. The number of aryl methyl sites for hydroxylation is 1. The Labute approximate surface area is 177 Å². The monoisotopic (exact) mass is 451 g/mol. The average Bonchev–Trinajstić information content (AvgIpc) is 2.67. The summed E-state index contributed by atoms with van der Waals surface area (Å²) in [6.45, 7) is 5.38. The molecular weight excluding hydrogens is 426 g/mol. The molecule has 0 saturated carbocycles. The molecule has 2 rings (SSSR count). The molecule has 30 heavy (non-hydrogen) atoms. The van der Waals surface area contributed by atoms with Crippen LogP contribution in [0.5, 0.6) is 0 Å². The molecule has 0 aliphatic heterocycles. The highest BCUT2D eigenvalue weighted by atomic mass is 32.3. The Morgan fingerprint density at radius 2 is 1.17 bits per heavy atom. The fourth-order valence-electron chi connectivity index (χ4n) is 2.78. The predicted molar refractivity (Wildman–Crippen MR) is 114 cm³/mol. The van der Waals surface area contributed by atoms with E-state index in [1.807, 2.05) is 0 Å². The lowest BCUT2D eigenvalue weighted by molar-refractivity contribution is 0.0981. The van der Waals surface area contributed by atoms with Crippen LogP contribution < -0.4 is 4.13 Å². The van der Waals surface area contributed by atoms with Crippen molar-refractivity contribution in [2.24, 2.45) is 0 Å². The molecule has 0 heterocycles. The molecule has 0 atom stereocenters. The second kappa shape index (κ2) is 9.63. The van der Waals surface area contributed by atoms with E-state index in [2.05, 4.69) is 0 Å². The van der Waals surface area contributed by atoms with Gasteiger partial charge in [0.1, 0.15) is 0 Å². The average molecular weight is 452 g/mol. The zero-order valence-corrected chi connectivity index (χ0v) is 18.8. The summed E-state index contributed by atoms with van der Waals surface area (Å²) in [5.41, 5.74) is 0.942. The van der Waals surface area contributed by atoms with Crippen molar-refractivity contribution in [1.82, 2.24) is 4.13 Å². The number of Topliss-reactive ketones (excluding diaryl/α,β-unsaturated/α-hetero) is 2. The van der Waals surface area contributed by atoms with Crippen molar-refractivity contribution >= 4 is 31.6 Å². The summed E-state index contributed by atoms with van der Waals surface area (Å²) in [7, 11) is -8.94. The number of nitrogens with one attached hydrogen (secondary N) is 1. The first-order valence-electron chi connectivity index (χ1n) is 9.57.